The molecule has 354 valence electrons. The summed E-state index contributed by atoms with van der Waals surface area (Å²) in [5.74, 6) is -1.21. The van der Waals surface area contributed by atoms with Gasteiger partial charge in [0.15, 0.2) is 6.10 Å². The quantitative estimate of drug-likeness (QED) is 0.0127. The molecule has 0 rings (SSSR count). The van der Waals surface area contributed by atoms with E-state index in [1.165, 1.54) is 38.5 Å². The Labute approximate surface area is 371 Å². The largest absolute Gasteiger partial charge is 0.472 e. The molecule has 0 bridgehead atoms. The van der Waals surface area contributed by atoms with E-state index in [4.69, 9.17) is 23.8 Å². The van der Waals surface area contributed by atoms with Gasteiger partial charge in [-0.3, -0.25) is 23.2 Å². The second-order valence-electron chi connectivity index (χ2n) is 14.4. The molecule has 0 aliphatic rings. The van der Waals surface area contributed by atoms with Gasteiger partial charge in [-0.05, 0) is 77.0 Å². The highest BCUT2D eigenvalue weighted by Crippen LogP contribution is 2.43. The molecule has 62 heavy (non-hydrogen) atoms. The summed E-state index contributed by atoms with van der Waals surface area (Å²) in [5, 5.41) is 19.8. The van der Waals surface area contributed by atoms with Gasteiger partial charge in [0, 0.05) is 12.8 Å². The molecule has 0 spiro atoms. The van der Waals surface area contributed by atoms with Gasteiger partial charge in [-0.2, -0.15) is 0 Å². The van der Waals surface area contributed by atoms with Crippen molar-refractivity contribution in [2.24, 2.45) is 0 Å². The Morgan fingerprint density at radius 1 is 0.548 bits per heavy atom. The Kier molecular flexibility index (Phi) is 38.8. The van der Waals surface area contributed by atoms with E-state index < -0.39 is 72.3 Å². The summed E-state index contributed by atoms with van der Waals surface area (Å²) in [7, 11) is -9.74. The molecule has 16 heteroatoms. The highest BCUT2D eigenvalue weighted by molar-refractivity contribution is 7.47. The third-order valence-electron chi connectivity index (χ3n) is 8.53. The van der Waals surface area contributed by atoms with Crippen molar-refractivity contribution in [3.63, 3.8) is 0 Å². The van der Waals surface area contributed by atoms with Crippen molar-refractivity contribution in [1.82, 2.24) is 0 Å². The first-order valence-corrected chi connectivity index (χ1v) is 25.1. The Bertz CT molecular complexity index is 1480. The smallest absolute Gasteiger partial charge is 0.462 e. The highest BCUT2D eigenvalue weighted by Gasteiger charge is 2.28. The van der Waals surface area contributed by atoms with Crippen molar-refractivity contribution in [1.29, 1.82) is 0 Å². The molecule has 0 saturated heterocycles. The lowest BCUT2D eigenvalue weighted by atomic mass is 10.1. The number of esters is 2. The second kappa shape index (κ2) is 40.8. The number of allylic oxidation sites excluding steroid dienone is 14. The first-order valence-electron chi connectivity index (χ1n) is 22.0. The number of carbonyl (C=O) groups excluding carboxylic acids is 2. The molecular formula is C46H76O14P2. The zero-order valence-corrected chi connectivity index (χ0v) is 38.8. The summed E-state index contributed by atoms with van der Waals surface area (Å²) in [6.45, 7) is 1.41. The first-order chi connectivity index (χ1) is 29.8. The summed E-state index contributed by atoms with van der Waals surface area (Å²) in [6, 6.07) is 0. The van der Waals surface area contributed by atoms with E-state index >= 15 is 0 Å². The van der Waals surface area contributed by atoms with E-state index in [0.29, 0.717) is 38.5 Å². The van der Waals surface area contributed by atoms with Crippen molar-refractivity contribution in [2.75, 3.05) is 26.4 Å². The lowest BCUT2D eigenvalue weighted by Crippen LogP contribution is -2.29. The van der Waals surface area contributed by atoms with Crippen LogP contribution in [0.1, 0.15) is 136 Å². The topological polar surface area (TPSA) is 216 Å². The van der Waals surface area contributed by atoms with E-state index in [-0.39, 0.29) is 12.8 Å². The van der Waals surface area contributed by atoms with Gasteiger partial charge in [0.25, 0.3) is 0 Å². The molecule has 0 saturated carbocycles. The number of aliphatic hydroxyl groups is 2. The summed E-state index contributed by atoms with van der Waals surface area (Å²) in [5.41, 5.74) is 0. The van der Waals surface area contributed by atoms with Crippen molar-refractivity contribution in [3.05, 3.63) is 97.2 Å². The van der Waals surface area contributed by atoms with Crippen LogP contribution in [0.3, 0.4) is 0 Å². The van der Waals surface area contributed by atoms with Gasteiger partial charge in [0.1, 0.15) is 12.7 Å². The van der Waals surface area contributed by atoms with Crippen LogP contribution < -0.4 is 0 Å². The summed E-state index contributed by atoms with van der Waals surface area (Å²) < 4.78 is 47.6. The van der Waals surface area contributed by atoms with E-state index in [0.717, 1.165) is 32.1 Å². The summed E-state index contributed by atoms with van der Waals surface area (Å²) >= 11 is 0. The van der Waals surface area contributed by atoms with Gasteiger partial charge in [-0.15, -0.1) is 0 Å². The number of ether oxygens (including phenoxy) is 2. The molecule has 5 N–H and O–H groups in total. The molecule has 4 atom stereocenters. The van der Waals surface area contributed by atoms with Crippen molar-refractivity contribution in [2.45, 2.75) is 154 Å². The first kappa shape index (κ1) is 59.0. The van der Waals surface area contributed by atoms with Gasteiger partial charge in [-0.1, -0.05) is 143 Å². The van der Waals surface area contributed by atoms with Gasteiger partial charge < -0.3 is 34.4 Å². The van der Waals surface area contributed by atoms with Gasteiger partial charge in [-0.25, -0.2) is 9.13 Å². The fraction of sp³-hybridized carbons (Fsp3) is 0.609. The molecular weight excluding hydrogens is 838 g/mol. The fourth-order valence-electron chi connectivity index (χ4n) is 5.19. The minimum Gasteiger partial charge on any atom is -0.462 e. The van der Waals surface area contributed by atoms with Crippen LogP contribution in [0.5, 0.6) is 0 Å². The van der Waals surface area contributed by atoms with Crippen LogP contribution in [-0.2, 0) is 41.8 Å². The second-order valence-corrected chi connectivity index (χ2v) is 17.1. The Hall–Kier alpha value is -3.00. The van der Waals surface area contributed by atoms with E-state index in [1.54, 1.807) is 12.2 Å². The predicted octanol–water partition coefficient (Wildman–Crippen LogP) is 10.3. The minimum atomic E-state index is -4.89. The lowest BCUT2D eigenvalue weighted by Gasteiger charge is -2.20. The average Bonchev–Trinajstić information content (AvgIpc) is 3.23. The van der Waals surface area contributed by atoms with Crippen LogP contribution in [0.2, 0.25) is 0 Å². The molecule has 0 aliphatic carbocycles. The van der Waals surface area contributed by atoms with Gasteiger partial charge in [0.05, 0.1) is 25.9 Å². The van der Waals surface area contributed by atoms with Crippen LogP contribution in [0.15, 0.2) is 97.2 Å². The molecule has 0 aromatic rings. The third-order valence-corrected chi connectivity index (χ3v) is 9.96. The number of phosphoric acid groups is 2. The molecule has 0 aromatic carbocycles. The molecule has 0 radical (unpaired) electrons. The molecule has 0 fully saturated rings. The number of aliphatic hydroxyl groups excluding tert-OH is 2. The number of hydrogen-bond acceptors (Lipinski definition) is 11. The Morgan fingerprint density at radius 3 is 1.69 bits per heavy atom. The number of unbranched alkanes of at least 4 members (excludes halogenated alkanes) is 8. The predicted molar refractivity (Wildman–Crippen MR) is 245 cm³/mol. The monoisotopic (exact) mass is 914 g/mol. The maximum absolute atomic E-state index is 12.6. The van der Waals surface area contributed by atoms with Crippen molar-refractivity contribution < 1.29 is 66.7 Å². The number of phosphoric ester groups is 2. The normalized spacial score (nSPS) is 15.4. The maximum atomic E-state index is 12.6. The molecule has 0 aromatic heterocycles. The summed E-state index contributed by atoms with van der Waals surface area (Å²) in [6.07, 6.45) is 44.4. The average molecular weight is 915 g/mol. The van der Waals surface area contributed by atoms with Crippen LogP contribution in [0.25, 0.3) is 0 Å². The Balaban J connectivity index is 4.77. The van der Waals surface area contributed by atoms with Crippen molar-refractivity contribution >= 4 is 27.6 Å². The maximum Gasteiger partial charge on any atom is 0.472 e. The standard InChI is InChI=1S/C46H76O14P2/c1-3-5-7-9-11-12-13-14-15-16-17-18-19-20-24-28-32-36-45(49)56-40-44(41-59-62(54,55)58-39-43(48)38-57-61(51,52)53)60-46(50)37-33-29-25-22-21-23-27-31-35-42(47)34-30-26-10-8-6-4-2/h6,8,14-15,17-18,20,22-27,30-31,35,42-44,47-48H,3-5,7,9-13,16,19,21,28-29,32-34,36-41H2,1-2H3,(H,54,55)(H2,51,52,53)/b8-6-,15-14-,18-17-,24-20-,25-22-,27-23-,30-26-,35-31+/t42?,43-,44+/m0/s1. The van der Waals surface area contributed by atoms with Crippen LogP contribution in [-0.4, -0.2) is 81.6 Å². The SMILES string of the molecule is CC/C=C\C/C=C\CC(O)/C=C/C=C\C/C=C\CCCC(=O)O[C@H](COC(=O)CCC/C=C\C/C=C\C/C=C\CCCCCCCC)COP(=O)(O)OC[C@@H](O)COP(=O)(O)O. The molecule has 0 heterocycles. The number of hydrogen-bond donors (Lipinski definition) is 5. The zero-order valence-electron chi connectivity index (χ0n) is 37.0. The van der Waals surface area contributed by atoms with E-state index in [2.05, 4.69) is 59.4 Å². The van der Waals surface area contributed by atoms with Gasteiger partial charge >= 0.3 is 27.6 Å². The molecule has 0 amide bonds. The van der Waals surface area contributed by atoms with E-state index in [1.807, 2.05) is 48.6 Å². The number of carbonyl (C=O) groups is 2. The highest BCUT2D eigenvalue weighted by atomic mass is 31.2. The molecule has 0 aliphatic heterocycles. The van der Waals surface area contributed by atoms with Crippen LogP contribution in [0.4, 0.5) is 0 Å². The van der Waals surface area contributed by atoms with E-state index in [9.17, 15) is 33.8 Å². The lowest BCUT2D eigenvalue weighted by molar-refractivity contribution is -0.161. The summed E-state index contributed by atoms with van der Waals surface area (Å²) in [4.78, 5) is 52.7. The fourth-order valence-corrected chi connectivity index (χ4v) is 6.34. The third kappa shape index (κ3) is 43.6. The minimum absolute atomic E-state index is 0.00508. The van der Waals surface area contributed by atoms with Crippen LogP contribution in [0, 0.1) is 0 Å². The van der Waals surface area contributed by atoms with Gasteiger partial charge in [0.2, 0.25) is 0 Å². The molecule has 2 unspecified atom stereocenters. The molecule has 14 nitrogen and oxygen atoms in total. The zero-order chi connectivity index (χ0) is 46.0. The van der Waals surface area contributed by atoms with Crippen LogP contribution >= 0.6 is 15.6 Å². The Morgan fingerprint density at radius 2 is 1.06 bits per heavy atom. The van der Waals surface area contributed by atoms with Crippen molar-refractivity contribution in [3.8, 4) is 0 Å². The number of rotatable bonds is 40.